The van der Waals surface area contributed by atoms with E-state index < -0.39 is 0 Å². The molecule has 17 heavy (non-hydrogen) atoms. The molecule has 0 amide bonds. The van der Waals surface area contributed by atoms with Gasteiger partial charge in [-0.1, -0.05) is 19.3 Å². The monoisotopic (exact) mass is 252 g/mol. The number of hydrogen-bond acceptors (Lipinski definition) is 4. The highest BCUT2D eigenvalue weighted by Gasteiger charge is 2.32. The van der Waals surface area contributed by atoms with Crippen LogP contribution in [-0.4, -0.2) is 29.8 Å². The van der Waals surface area contributed by atoms with Crippen LogP contribution in [0.2, 0.25) is 0 Å². The molecule has 2 rings (SSSR count). The Morgan fingerprint density at radius 3 is 2.82 bits per heavy atom. The molecule has 1 aromatic heterocycles. The molecule has 0 atom stereocenters. The molecule has 94 valence electrons. The van der Waals surface area contributed by atoms with E-state index in [1.165, 1.54) is 25.5 Å². The Morgan fingerprint density at radius 1 is 1.47 bits per heavy atom. The van der Waals surface area contributed by atoms with Crippen LogP contribution in [0.4, 0.5) is 0 Å². The Labute approximate surface area is 107 Å². The molecular formula is C13H20N2OS. The number of aldehydes is 1. The molecule has 0 spiro atoms. The number of nitrogens with zero attached hydrogens (tertiary/aromatic N) is 2. The van der Waals surface area contributed by atoms with Crippen LogP contribution in [-0.2, 0) is 11.3 Å². The molecule has 1 heterocycles. The van der Waals surface area contributed by atoms with E-state index in [-0.39, 0.29) is 5.41 Å². The van der Waals surface area contributed by atoms with Crippen molar-refractivity contribution in [2.75, 3.05) is 13.6 Å². The van der Waals surface area contributed by atoms with Gasteiger partial charge < -0.3 is 4.79 Å². The number of aromatic nitrogens is 1. The maximum Gasteiger partial charge on any atom is 0.127 e. The largest absolute Gasteiger partial charge is 0.303 e. The van der Waals surface area contributed by atoms with Crippen molar-refractivity contribution in [3.8, 4) is 0 Å². The second-order valence-corrected chi connectivity index (χ2v) is 5.91. The minimum atomic E-state index is -0.0942. The molecule has 0 aromatic carbocycles. The van der Waals surface area contributed by atoms with Crippen LogP contribution in [0, 0.1) is 5.41 Å². The molecule has 0 radical (unpaired) electrons. The summed E-state index contributed by atoms with van der Waals surface area (Å²) in [5.74, 6) is 0. The Bertz CT molecular complexity index is 344. The standard InChI is InChI=1S/C13H20N2OS/c1-15(7-12-8-17-11-14-12)9-13(10-16)5-3-2-4-6-13/h8,10-11H,2-7,9H2,1H3. The lowest BCUT2D eigenvalue weighted by Gasteiger charge is -2.35. The lowest BCUT2D eigenvalue weighted by atomic mass is 9.75. The highest BCUT2D eigenvalue weighted by molar-refractivity contribution is 7.07. The van der Waals surface area contributed by atoms with Gasteiger partial charge >= 0.3 is 0 Å². The number of rotatable bonds is 5. The Kier molecular flexibility index (Phi) is 4.29. The van der Waals surface area contributed by atoms with Crippen LogP contribution in [0.25, 0.3) is 0 Å². The molecule has 1 aliphatic carbocycles. The molecule has 1 aromatic rings. The topological polar surface area (TPSA) is 33.2 Å². The molecule has 1 fully saturated rings. The van der Waals surface area contributed by atoms with Crippen molar-refractivity contribution in [2.24, 2.45) is 5.41 Å². The fraction of sp³-hybridized carbons (Fsp3) is 0.692. The van der Waals surface area contributed by atoms with Gasteiger partial charge in [0.1, 0.15) is 6.29 Å². The Balaban J connectivity index is 1.91. The zero-order valence-electron chi connectivity index (χ0n) is 10.4. The van der Waals surface area contributed by atoms with Gasteiger partial charge in [0.25, 0.3) is 0 Å². The zero-order chi connectivity index (χ0) is 12.1. The first-order valence-corrected chi connectivity index (χ1v) is 7.20. The molecule has 0 N–H and O–H groups in total. The molecule has 1 saturated carbocycles. The summed E-state index contributed by atoms with van der Waals surface area (Å²) in [6.07, 6.45) is 6.98. The third-order valence-electron chi connectivity index (χ3n) is 3.60. The second-order valence-electron chi connectivity index (χ2n) is 5.19. The van der Waals surface area contributed by atoms with Crippen molar-refractivity contribution in [3.05, 3.63) is 16.6 Å². The fourth-order valence-corrected chi connectivity index (χ4v) is 3.30. The van der Waals surface area contributed by atoms with Gasteiger partial charge in [0.05, 0.1) is 11.2 Å². The van der Waals surface area contributed by atoms with Gasteiger partial charge in [-0.15, -0.1) is 11.3 Å². The maximum atomic E-state index is 11.4. The zero-order valence-corrected chi connectivity index (χ0v) is 11.2. The van der Waals surface area contributed by atoms with E-state index in [0.29, 0.717) is 0 Å². The van der Waals surface area contributed by atoms with Crippen molar-refractivity contribution in [3.63, 3.8) is 0 Å². The Morgan fingerprint density at radius 2 is 2.24 bits per heavy atom. The third-order valence-corrected chi connectivity index (χ3v) is 4.23. The summed E-state index contributed by atoms with van der Waals surface area (Å²) in [6, 6.07) is 0. The molecule has 1 aliphatic rings. The Hall–Kier alpha value is -0.740. The molecule has 3 nitrogen and oxygen atoms in total. The summed E-state index contributed by atoms with van der Waals surface area (Å²) in [6.45, 7) is 1.72. The number of thiazole rings is 1. The molecule has 0 unspecified atom stereocenters. The summed E-state index contributed by atoms with van der Waals surface area (Å²) in [4.78, 5) is 17.9. The molecular weight excluding hydrogens is 232 g/mol. The lowest BCUT2D eigenvalue weighted by molar-refractivity contribution is -0.119. The average molecular weight is 252 g/mol. The van der Waals surface area contributed by atoms with E-state index in [1.807, 2.05) is 5.51 Å². The second kappa shape index (κ2) is 5.74. The predicted octanol–water partition coefficient (Wildman–Crippen LogP) is 2.72. The van der Waals surface area contributed by atoms with Crippen molar-refractivity contribution in [1.82, 2.24) is 9.88 Å². The van der Waals surface area contributed by atoms with Crippen LogP contribution in [0.3, 0.4) is 0 Å². The summed E-state index contributed by atoms with van der Waals surface area (Å²) in [7, 11) is 2.08. The van der Waals surface area contributed by atoms with Gasteiger partial charge in [0.2, 0.25) is 0 Å². The van der Waals surface area contributed by atoms with Gasteiger partial charge in [-0.25, -0.2) is 4.98 Å². The minimum Gasteiger partial charge on any atom is -0.303 e. The van der Waals surface area contributed by atoms with Crippen LogP contribution < -0.4 is 0 Å². The summed E-state index contributed by atoms with van der Waals surface area (Å²) in [5, 5.41) is 2.07. The van der Waals surface area contributed by atoms with Crippen LogP contribution in [0.1, 0.15) is 37.8 Å². The lowest BCUT2D eigenvalue weighted by Crippen LogP contribution is -2.38. The molecule has 0 saturated heterocycles. The molecule has 0 bridgehead atoms. The first-order chi connectivity index (χ1) is 8.24. The highest BCUT2D eigenvalue weighted by Crippen LogP contribution is 2.35. The van der Waals surface area contributed by atoms with E-state index in [0.717, 1.165) is 31.6 Å². The van der Waals surface area contributed by atoms with Gasteiger partial charge in [0.15, 0.2) is 0 Å². The van der Waals surface area contributed by atoms with Crippen LogP contribution >= 0.6 is 11.3 Å². The van der Waals surface area contributed by atoms with Crippen LogP contribution in [0.5, 0.6) is 0 Å². The minimum absolute atomic E-state index is 0.0942. The van der Waals surface area contributed by atoms with E-state index >= 15 is 0 Å². The molecule has 4 heteroatoms. The van der Waals surface area contributed by atoms with Gasteiger partial charge in [-0.2, -0.15) is 0 Å². The summed E-state index contributed by atoms with van der Waals surface area (Å²) in [5.41, 5.74) is 2.87. The first-order valence-electron chi connectivity index (χ1n) is 6.26. The van der Waals surface area contributed by atoms with E-state index in [1.54, 1.807) is 11.3 Å². The molecule has 0 aliphatic heterocycles. The van der Waals surface area contributed by atoms with E-state index in [2.05, 4.69) is 22.3 Å². The van der Waals surface area contributed by atoms with Gasteiger partial charge in [-0.05, 0) is 19.9 Å². The van der Waals surface area contributed by atoms with E-state index in [4.69, 9.17) is 0 Å². The van der Waals surface area contributed by atoms with Crippen molar-refractivity contribution in [2.45, 2.75) is 38.6 Å². The van der Waals surface area contributed by atoms with Crippen LogP contribution in [0.15, 0.2) is 10.9 Å². The van der Waals surface area contributed by atoms with E-state index in [9.17, 15) is 4.79 Å². The fourth-order valence-electron chi connectivity index (χ4n) is 2.75. The van der Waals surface area contributed by atoms with Crippen molar-refractivity contribution < 1.29 is 4.79 Å². The van der Waals surface area contributed by atoms with Gasteiger partial charge in [-0.3, -0.25) is 4.90 Å². The summed E-state index contributed by atoms with van der Waals surface area (Å²) >= 11 is 1.63. The SMILES string of the molecule is CN(Cc1cscn1)CC1(C=O)CCCCC1. The maximum absolute atomic E-state index is 11.4. The van der Waals surface area contributed by atoms with Crippen molar-refractivity contribution in [1.29, 1.82) is 0 Å². The highest BCUT2D eigenvalue weighted by atomic mass is 32.1. The summed E-state index contributed by atoms with van der Waals surface area (Å²) < 4.78 is 0. The quantitative estimate of drug-likeness (QED) is 0.755. The number of carbonyl (C=O) groups excluding carboxylic acids is 1. The van der Waals surface area contributed by atoms with Crippen molar-refractivity contribution >= 4 is 17.6 Å². The smallest absolute Gasteiger partial charge is 0.127 e. The number of carbonyl (C=O) groups is 1. The normalized spacial score (nSPS) is 19.4. The average Bonchev–Trinajstić information content (AvgIpc) is 2.83. The predicted molar refractivity (Wildman–Crippen MR) is 70.0 cm³/mol. The third kappa shape index (κ3) is 3.36. The van der Waals surface area contributed by atoms with Gasteiger partial charge in [0, 0.05) is 23.9 Å². The first kappa shape index (κ1) is 12.7. The number of hydrogen-bond donors (Lipinski definition) is 0.